The summed E-state index contributed by atoms with van der Waals surface area (Å²) in [5.74, 6) is 0. The van der Waals surface area contributed by atoms with Crippen LogP contribution in [0.1, 0.15) is 12.8 Å². The van der Waals surface area contributed by atoms with Crippen molar-refractivity contribution >= 4 is 6.16 Å². The molecule has 0 aliphatic rings. The smallest absolute Gasteiger partial charge is 0.434 e. The van der Waals surface area contributed by atoms with Crippen LogP contribution in [-0.2, 0) is 9.47 Å². The topological polar surface area (TPSA) is 116 Å². The van der Waals surface area contributed by atoms with E-state index in [0.717, 1.165) is 0 Å². The summed E-state index contributed by atoms with van der Waals surface area (Å²) in [7, 11) is 0. The molecule has 0 bridgehead atoms. The highest BCUT2D eigenvalue weighted by molar-refractivity contribution is 5.59. The molecule has 0 aromatic carbocycles. The summed E-state index contributed by atoms with van der Waals surface area (Å²) in [6.07, 6.45) is -2.47. The molecule has 0 heterocycles. The van der Waals surface area contributed by atoms with E-state index in [1.165, 1.54) is 0 Å². The molecule has 4 N–H and O–H groups in total. The zero-order chi connectivity index (χ0) is 12.4. The maximum atomic E-state index is 10.8. The van der Waals surface area contributed by atoms with Gasteiger partial charge in [-0.25, -0.2) is 4.79 Å². The fourth-order valence-electron chi connectivity index (χ4n) is 0.781. The van der Waals surface area contributed by atoms with E-state index in [9.17, 15) is 4.79 Å². The molecule has 0 radical (unpaired) electrons. The van der Waals surface area contributed by atoms with Crippen LogP contribution in [0.15, 0.2) is 0 Å². The molecule has 0 aromatic heterocycles. The van der Waals surface area contributed by atoms with Crippen molar-refractivity contribution in [3.8, 4) is 0 Å². The average molecular weight is 238 g/mol. The largest absolute Gasteiger partial charge is 0.508 e. The Morgan fingerprint density at radius 3 is 1.62 bits per heavy atom. The van der Waals surface area contributed by atoms with Crippen molar-refractivity contribution in [1.29, 1.82) is 0 Å². The summed E-state index contributed by atoms with van der Waals surface area (Å²) in [5.41, 5.74) is 0. The second-order valence-electron chi connectivity index (χ2n) is 3.20. The molecule has 0 aromatic rings. The third kappa shape index (κ3) is 8.42. The lowest BCUT2D eigenvalue weighted by molar-refractivity contribution is 0.0192. The van der Waals surface area contributed by atoms with Gasteiger partial charge in [0.2, 0.25) is 0 Å². The summed E-state index contributed by atoms with van der Waals surface area (Å²) in [5, 5.41) is 34.7. The average Bonchev–Trinajstić information content (AvgIpc) is 2.28. The standard InChI is InChI=1S/C9H18O7/c10-5-7(12)1-3-15-9(14)16-4-2-8(13)6-11/h7-8,10-13H,1-6H2/t7-,8-/m0/s1. The van der Waals surface area contributed by atoms with Crippen LogP contribution < -0.4 is 0 Å². The SMILES string of the molecule is O=C(OCC[C@H](O)CO)OCC[C@H](O)CO. The Kier molecular flexibility index (Phi) is 8.82. The lowest BCUT2D eigenvalue weighted by atomic mass is 10.3. The Hall–Kier alpha value is -0.890. The van der Waals surface area contributed by atoms with Gasteiger partial charge in [0.05, 0.1) is 38.6 Å². The molecule has 0 aliphatic carbocycles. The van der Waals surface area contributed by atoms with Gasteiger partial charge in [0.15, 0.2) is 0 Å². The van der Waals surface area contributed by atoms with Gasteiger partial charge < -0.3 is 29.9 Å². The predicted molar refractivity (Wildman–Crippen MR) is 52.7 cm³/mol. The number of rotatable bonds is 8. The number of ether oxygens (including phenoxy) is 2. The Bertz CT molecular complexity index is 167. The highest BCUT2D eigenvalue weighted by Crippen LogP contribution is 1.96. The Balaban J connectivity index is 3.38. The second kappa shape index (κ2) is 9.34. The van der Waals surface area contributed by atoms with E-state index in [0.29, 0.717) is 0 Å². The van der Waals surface area contributed by atoms with Gasteiger partial charge in [0, 0.05) is 12.8 Å². The van der Waals surface area contributed by atoms with E-state index in [4.69, 9.17) is 20.4 Å². The Morgan fingerprint density at radius 2 is 1.31 bits per heavy atom. The molecule has 0 saturated heterocycles. The molecule has 0 aliphatic heterocycles. The highest BCUT2D eigenvalue weighted by Gasteiger charge is 2.08. The Labute approximate surface area is 93.2 Å². The number of hydrogen-bond donors (Lipinski definition) is 4. The molecule has 0 fully saturated rings. The maximum absolute atomic E-state index is 10.8. The van der Waals surface area contributed by atoms with Crippen molar-refractivity contribution < 1.29 is 34.7 Å². The molecule has 7 nitrogen and oxygen atoms in total. The van der Waals surface area contributed by atoms with Crippen LogP contribution in [0.4, 0.5) is 4.79 Å². The first kappa shape index (κ1) is 15.1. The highest BCUT2D eigenvalue weighted by atomic mass is 16.7. The summed E-state index contributed by atoms with van der Waals surface area (Å²) >= 11 is 0. The second-order valence-corrected chi connectivity index (χ2v) is 3.20. The van der Waals surface area contributed by atoms with Crippen molar-refractivity contribution in [2.75, 3.05) is 26.4 Å². The quantitative estimate of drug-likeness (QED) is 0.385. The molecule has 0 saturated carbocycles. The molecule has 16 heavy (non-hydrogen) atoms. The molecule has 0 unspecified atom stereocenters. The van der Waals surface area contributed by atoms with Crippen LogP contribution in [0.5, 0.6) is 0 Å². The van der Waals surface area contributed by atoms with Gasteiger partial charge >= 0.3 is 6.16 Å². The van der Waals surface area contributed by atoms with Crippen LogP contribution in [0.2, 0.25) is 0 Å². The molecule has 96 valence electrons. The number of hydrogen-bond acceptors (Lipinski definition) is 7. The normalized spacial score (nSPS) is 14.2. The van der Waals surface area contributed by atoms with Gasteiger partial charge in [-0.3, -0.25) is 0 Å². The summed E-state index contributed by atoms with van der Waals surface area (Å²) in [4.78, 5) is 10.8. The number of aliphatic hydroxyl groups excluding tert-OH is 4. The molecule has 0 spiro atoms. The van der Waals surface area contributed by atoms with Gasteiger partial charge in [-0.1, -0.05) is 0 Å². The number of carbonyl (C=O) groups is 1. The van der Waals surface area contributed by atoms with Crippen molar-refractivity contribution in [3.05, 3.63) is 0 Å². The van der Waals surface area contributed by atoms with Gasteiger partial charge in [-0.2, -0.15) is 0 Å². The minimum atomic E-state index is -0.913. The summed E-state index contributed by atoms with van der Waals surface area (Å²) < 4.78 is 9.11. The third-order valence-electron chi connectivity index (χ3n) is 1.76. The monoisotopic (exact) mass is 238 g/mol. The summed E-state index contributed by atoms with van der Waals surface area (Å²) in [6, 6.07) is 0. The van der Waals surface area contributed by atoms with Gasteiger partial charge in [0.25, 0.3) is 0 Å². The fraction of sp³-hybridized carbons (Fsp3) is 0.889. The fourth-order valence-corrected chi connectivity index (χ4v) is 0.781. The zero-order valence-electron chi connectivity index (χ0n) is 8.91. The van der Waals surface area contributed by atoms with Crippen LogP contribution in [0.3, 0.4) is 0 Å². The van der Waals surface area contributed by atoms with Crippen molar-refractivity contribution in [1.82, 2.24) is 0 Å². The van der Waals surface area contributed by atoms with E-state index < -0.39 is 18.4 Å². The van der Waals surface area contributed by atoms with Gasteiger partial charge in [-0.15, -0.1) is 0 Å². The van der Waals surface area contributed by atoms with Gasteiger partial charge in [0.1, 0.15) is 0 Å². The summed E-state index contributed by atoms with van der Waals surface area (Å²) in [6.45, 7) is -0.881. The minimum Gasteiger partial charge on any atom is -0.434 e. The first-order valence-electron chi connectivity index (χ1n) is 4.97. The van der Waals surface area contributed by atoms with Crippen LogP contribution >= 0.6 is 0 Å². The van der Waals surface area contributed by atoms with E-state index in [1.807, 2.05) is 0 Å². The molecule has 0 rings (SSSR count). The predicted octanol–water partition coefficient (Wildman–Crippen LogP) is -1.37. The molecular formula is C9H18O7. The van der Waals surface area contributed by atoms with Crippen molar-refractivity contribution in [3.63, 3.8) is 0 Å². The lowest BCUT2D eigenvalue weighted by Gasteiger charge is -2.09. The Morgan fingerprint density at radius 1 is 0.938 bits per heavy atom. The molecule has 7 heteroatoms. The molecular weight excluding hydrogens is 220 g/mol. The molecule has 2 atom stereocenters. The number of aliphatic hydroxyl groups is 4. The van der Waals surface area contributed by atoms with E-state index in [-0.39, 0.29) is 39.3 Å². The van der Waals surface area contributed by atoms with Crippen molar-refractivity contribution in [2.24, 2.45) is 0 Å². The van der Waals surface area contributed by atoms with E-state index >= 15 is 0 Å². The first-order chi connectivity index (χ1) is 7.60. The van der Waals surface area contributed by atoms with Crippen molar-refractivity contribution in [2.45, 2.75) is 25.0 Å². The first-order valence-corrected chi connectivity index (χ1v) is 4.97. The van der Waals surface area contributed by atoms with Crippen LogP contribution in [-0.4, -0.2) is 65.2 Å². The van der Waals surface area contributed by atoms with Crippen LogP contribution in [0, 0.1) is 0 Å². The third-order valence-corrected chi connectivity index (χ3v) is 1.76. The van der Waals surface area contributed by atoms with Gasteiger partial charge in [-0.05, 0) is 0 Å². The minimum absolute atomic E-state index is 0.0525. The van der Waals surface area contributed by atoms with E-state index in [2.05, 4.69) is 9.47 Å². The lowest BCUT2D eigenvalue weighted by Crippen LogP contribution is -2.19. The maximum Gasteiger partial charge on any atom is 0.508 e. The van der Waals surface area contributed by atoms with E-state index in [1.54, 1.807) is 0 Å². The molecule has 0 amide bonds. The van der Waals surface area contributed by atoms with Crippen LogP contribution in [0.25, 0.3) is 0 Å². The number of carbonyl (C=O) groups excluding carboxylic acids is 1. The zero-order valence-corrected chi connectivity index (χ0v) is 8.91.